The fraction of sp³-hybridized carbons (Fsp3) is 0.500. The Hall–Kier alpha value is -0.910. The molecule has 0 amide bonds. The van der Waals surface area contributed by atoms with E-state index in [1.807, 2.05) is 11.4 Å². The fourth-order valence-electron chi connectivity index (χ4n) is 1.66. The predicted molar refractivity (Wildman–Crippen MR) is 62.4 cm³/mol. The Morgan fingerprint density at radius 2 is 2.53 bits per heavy atom. The van der Waals surface area contributed by atoms with E-state index in [2.05, 4.69) is 10.6 Å². The molecule has 0 saturated carbocycles. The zero-order chi connectivity index (χ0) is 10.7. The lowest BCUT2D eigenvalue weighted by molar-refractivity contribution is 0.0972. The van der Waals surface area contributed by atoms with E-state index in [1.54, 1.807) is 0 Å². The number of carbonyl (C=O) groups excluding carboxylic acids is 1. The van der Waals surface area contributed by atoms with Gasteiger partial charge in [-0.1, -0.05) is 0 Å². The lowest BCUT2D eigenvalue weighted by atomic mass is 10.1. The molecule has 0 aliphatic carbocycles. The maximum absolute atomic E-state index is 11.7. The predicted octanol–water partition coefficient (Wildman–Crippen LogP) is 1.01. The lowest BCUT2D eigenvalue weighted by Gasteiger charge is -2.24. The molecule has 0 fully saturated rings. The van der Waals surface area contributed by atoms with E-state index < -0.39 is 0 Å². The van der Waals surface area contributed by atoms with Crippen molar-refractivity contribution in [1.82, 2.24) is 5.32 Å². The monoisotopic (exact) mass is 225 g/mol. The Morgan fingerprint density at radius 1 is 1.67 bits per heavy atom. The van der Waals surface area contributed by atoms with Gasteiger partial charge in [0.05, 0.1) is 16.7 Å². The Balaban J connectivity index is 1.94. The summed E-state index contributed by atoms with van der Waals surface area (Å²) >= 11 is 1.50. The van der Waals surface area contributed by atoms with E-state index in [4.69, 9.17) is 5.73 Å². The zero-order valence-electron chi connectivity index (χ0n) is 8.45. The number of Topliss-reactive ketones (excluding diaryl/α,β-unsaturated/α-hetero) is 1. The van der Waals surface area contributed by atoms with E-state index in [0.717, 1.165) is 23.5 Å². The van der Waals surface area contributed by atoms with Crippen molar-refractivity contribution >= 4 is 22.8 Å². The largest absolute Gasteiger partial charge is 0.368 e. The molecule has 15 heavy (non-hydrogen) atoms. The summed E-state index contributed by atoms with van der Waals surface area (Å²) in [5.74, 6) is 0.226. The van der Waals surface area contributed by atoms with Crippen LogP contribution in [0.3, 0.4) is 0 Å². The number of rotatable bonds is 4. The van der Waals surface area contributed by atoms with Crippen LogP contribution in [0, 0.1) is 0 Å². The summed E-state index contributed by atoms with van der Waals surface area (Å²) in [5.41, 5.74) is 6.37. The highest BCUT2D eigenvalue weighted by Gasteiger charge is 2.24. The van der Waals surface area contributed by atoms with Gasteiger partial charge in [-0.3, -0.25) is 10.1 Å². The lowest BCUT2D eigenvalue weighted by Crippen LogP contribution is -2.41. The maximum atomic E-state index is 11.7. The van der Waals surface area contributed by atoms with Crippen molar-refractivity contribution in [3.05, 3.63) is 16.3 Å². The van der Waals surface area contributed by atoms with E-state index >= 15 is 0 Å². The molecule has 0 spiro atoms. The van der Waals surface area contributed by atoms with Crippen LogP contribution >= 0.6 is 11.3 Å². The molecular weight excluding hydrogens is 210 g/mol. The van der Waals surface area contributed by atoms with Gasteiger partial charge in [0.1, 0.15) is 0 Å². The van der Waals surface area contributed by atoms with Crippen LogP contribution in [0.15, 0.2) is 11.4 Å². The third-order valence-corrected chi connectivity index (χ3v) is 3.36. The molecular formula is C10H15N3OS. The quantitative estimate of drug-likeness (QED) is 0.669. The van der Waals surface area contributed by atoms with Crippen molar-refractivity contribution in [2.45, 2.75) is 19.0 Å². The second kappa shape index (κ2) is 4.74. The summed E-state index contributed by atoms with van der Waals surface area (Å²) in [7, 11) is 0. The van der Waals surface area contributed by atoms with Gasteiger partial charge in [0.2, 0.25) is 0 Å². The van der Waals surface area contributed by atoms with Gasteiger partial charge in [-0.05, 0) is 31.0 Å². The summed E-state index contributed by atoms with van der Waals surface area (Å²) in [5, 5.41) is 8.52. The van der Waals surface area contributed by atoms with Crippen molar-refractivity contribution in [2.24, 2.45) is 5.73 Å². The van der Waals surface area contributed by atoms with Crippen molar-refractivity contribution in [1.29, 1.82) is 0 Å². The number of ketones is 1. The number of anilines is 1. The molecule has 0 aromatic carbocycles. The minimum Gasteiger partial charge on any atom is -0.368 e. The first-order valence-electron chi connectivity index (χ1n) is 5.12. The highest BCUT2D eigenvalue weighted by atomic mass is 32.1. The second-order valence-electron chi connectivity index (χ2n) is 3.58. The van der Waals surface area contributed by atoms with Gasteiger partial charge in [-0.25, -0.2) is 0 Å². The third-order valence-electron chi connectivity index (χ3n) is 2.41. The van der Waals surface area contributed by atoms with Crippen LogP contribution in [0.4, 0.5) is 5.69 Å². The number of hydrogen-bond acceptors (Lipinski definition) is 5. The van der Waals surface area contributed by atoms with Crippen molar-refractivity contribution in [2.75, 3.05) is 18.4 Å². The normalized spacial score (nSPS) is 19.8. The molecule has 4 nitrogen and oxygen atoms in total. The Bertz CT molecular complexity index is 350. The van der Waals surface area contributed by atoms with Gasteiger partial charge < -0.3 is 11.1 Å². The molecule has 1 unspecified atom stereocenters. The first-order chi connectivity index (χ1) is 7.31. The molecule has 1 aliphatic heterocycles. The Morgan fingerprint density at radius 3 is 3.33 bits per heavy atom. The van der Waals surface area contributed by atoms with Gasteiger partial charge in [-0.2, -0.15) is 0 Å². The van der Waals surface area contributed by atoms with E-state index in [0.29, 0.717) is 13.0 Å². The number of thiophene rings is 1. The second-order valence-corrected chi connectivity index (χ2v) is 4.50. The van der Waals surface area contributed by atoms with Crippen LogP contribution in [-0.2, 0) is 0 Å². The standard InChI is InChI=1S/C10H15N3OS/c11-3-1-4-12-9-6-8(14)10-7(13-9)2-5-15-10/h2,5,9,12-13H,1,3-4,6,11H2. The molecule has 2 rings (SSSR count). The highest BCUT2D eigenvalue weighted by molar-refractivity contribution is 7.12. The molecule has 82 valence electrons. The number of hydrogen-bond donors (Lipinski definition) is 3. The van der Waals surface area contributed by atoms with Crippen LogP contribution in [-0.4, -0.2) is 25.0 Å². The van der Waals surface area contributed by atoms with E-state index in [-0.39, 0.29) is 11.9 Å². The molecule has 0 saturated heterocycles. The summed E-state index contributed by atoms with van der Waals surface area (Å²) in [4.78, 5) is 12.5. The molecule has 1 aromatic rings. The number of nitrogens with one attached hydrogen (secondary N) is 2. The minimum atomic E-state index is 0.0612. The molecule has 2 heterocycles. The molecule has 5 heteroatoms. The van der Waals surface area contributed by atoms with Crippen molar-refractivity contribution in [3.63, 3.8) is 0 Å². The number of carbonyl (C=O) groups is 1. The summed E-state index contributed by atoms with van der Waals surface area (Å²) in [6, 6.07) is 1.95. The van der Waals surface area contributed by atoms with E-state index in [9.17, 15) is 4.79 Å². The first-order valence-corrected chi connectivity index (χ1v) is 6.00. The molecule has 1 atom stereocenters. The van der Waals surface area contributed by atoms with Crippen LogP contribution < -0.4 is 16.4 Å². The van der Waals surface area contributed by atoms with Crippen LogP contribution in [0.2, 0.25) is 0 Å². The van der Waals surface area contributed by atoms with Gasteiger partial charge in [0, 0.05) is 6.42 Å². The molecule has 0 radical (unpaired) electrons. The minimum absolute atomic E-state index is 0.0612. The molecule has 0 bridgehead atoms. The smallest absolute Gasteiger partial charge is 0.178 e. The van der Waals surface area contributed by atoms with E-state index in [1.165, 1.54) is 11.3 Å². The van der Waals surface area contributed by atoms with Gasteiger partial charge in [0.25, 0.3) is 0 Å². The SMILES string of the molecule is NCCCNC1CC(=O)c2sccc2N1. The summed E-state index contributed by atoms with van der Waals surface area (Å²) in [6.45, 7) is 1.53. The maximum Gasteiger partial charge on any atom is 0.178 e. The fourth-order valence-corrected chi connectivity index (χ4v) is 2.47. The summed E-state index contributed by atoms with van der Waals surface area (Å²) < 4.78 is 0. The topological polar surface area (TPSA) is 67.1 Å². The van der Waals surface area contributed by atoms with Crippen LogP contribution in [0.1, 0.15) is 22.5 Å². The third kappa shape index (κ3) is 2.37. The van der Waals surface area contributed by atoms with Crippen molar-refractivity contribution in [3.8, 4) is 0 Å². The first kappa shape index (κ1) is 10.6. The zero-order valence-corrected chi connectivity index (χ0v) is 9.27. The Labute approximate surface area is 92.9 Å². The van der Waals surface area contributed by atoms with Gasteiger partial charge in [-0.15, -0.1) is 11.3 Å². The van der Waals surface area contributed by atoms with Gasteiger partial charge in [0.15, 0.2) is 5.78 Å². The van der Waals surface area contributed by atoms with Crippen molar-refractivity contribution < 1.29 is 4.79 Å². The van der Waals surface area contributed by atoms with Crippen LogP contribution in [0.25, 0.3) is 0 Å². The van der Waals surface area contributed by atoms with Crippen LogP contribution in [0.5, 0.6) is 0 Å². The van der Waals surface area contributed by atoms with Gasteiger partial charge >= 0.3 is 0 Å². The molecule has 1 aliphatic rings. The Kier molecular flexibility index (Phi) is 3.35. The average Bonchev–Trinajstić information content (AvgIpc) is 2.66. The average molecular weight is 225 g/mol. The number of nitrogens with two attached hydrogens (primary N) is 1. The summed E-state index contributed by atoms with van der Waals surface area (Å²) in [6.07, 6.45) is 1.52. The molecule has 1 aromatic heterocycles. The highest BCUT2D eigenvalue weighted by Crippen LogP contribution is 2.28. The number of fused-ring (bicyclic) bond motifs is 1. The molecule has 4 N–H and O–H groups in total.